The first-order valence-electron chi connectivity index (χ1n) is 27.9. The first kappa shape index (κ1) is 62.6. The SMILES string of the molecule is CCC1OC(=O)C(C)C(OC2CC(C)(OC)C(OC)C(C)O2)C(C)C(OC2OC(C)CC(N(C)C)C2O[Si](C)(C)C)C(C)(OC)CC(C)/C(=N/NC(c2ccccc2)(c2ccccc2)c2ccccc2)C(C)C(O)C1(C)O. The summed E-state index contributed by atoms with van der Waals surface area (Å²) in [7, 11) is 6.84. The smallest absolute Gasteiger partial charge is 0.311 e. The van der Waals surface area contributed by atoms with E-state index in [1.807, 2.05) is 96.1 Å². The molecule has 0 radical (unpaired) electrons. The molecule has 0 spiro atoms. The zero-order valence-corrected chi connectivity index (χ0v) is 50.5. The molecule has 3 aromatic carbocycles. The number of ether oxygens (including phenoxy) is 8. The fourth-order valence-corrected chi connectivity index (χ4v) is 13.7. The molecular formula is C61H95N3O12Si. The summed E-state index contributed by atoms with van der Waals surface area (Å²) in [5.41, 5.74) is 2.09. The van der Waals surface area contributed by atoms with Crippen molar-refractivity contribution in [2.24, 2.45) is 28.8 Å². The second-order valence-electron chi connectivity index (χ2n) is 24.1. The van der Waals surface area contributed by atoms with Crippen molar-refractivity contribution in [1.82, 2.24) is 10.3 Å². The van der Waals surface area contributed by atoms with Gasteiger partial charge in [-0.25, -0.2) is 0 Å². The minimum absolute atomic E-state index is 0.0550. The Morgan fingerprint density at radius 1 is 0.753 bits per heavy atom. The molecule has 0 aromatic heterocycles. The molecule has 3 aliphatic heterocycles. The average molecular weight is 1090 g/mol. The maximum Gasteiger partial charge on any atom is 0.311 e. The van der Waals surface area contributed by atoms with Gasteiger partial charge in [0.25, 0.3) is 0 Å². The lowest BCUT2D eigenvalue weighted by molar-refractivity contribution is -0.319. The van der Waals surface area contributed by atoms with Crippen molar-refractivity contribution in [3.8, 4) is 0 Å². The van der Waals surface area contributed by atoms with Crippen molar-refractivity contribution in [2.45, 2.75) is 204 Å². The Hall–Kier alpha value is -3.62. The summed E-state index contributed by atoms with van der Waals surface area (Å²) < 4.78 is 60.7. The molecule has 6 rings (SSSR count). The van der Waals surface area contributed by atoms with Crippen LogP contribution in [0.15, 0.2) is 96.1 Å². The number of aliphatic hydroxyl groups is 2. The van der Waals surface area contributed by atoms with Crippen LogP contribution in [0, 0.1) is 23.7 Å². The molecule has 3 aliphatic rings. The maximum absolute atomic E-state index is 15.1. The molecule has 3 heterocycles. The number of esters is 1. The highest BCUT2D eigenvalue weighted by atomic mass is 28.4. The molecule has 16 heteroatoms. The number of hydrazone groups is 1. The van der Waals surface area contributed by atoms with Crippen molar-refractivity contribution in [1.29, 1.82) is 0 Å². The number of benzene rings is 3. The highest BCUT2D eigenvalue weighted by molar-refractivity contribution is 6.69. The fourth-order valence-electron chi connectivity index (χ4n) is 12.7. The average Bonchev–Trinajstić information content (AvgIpc) is 3.39. The number of methoxy groups -OCH3 is 3. The van der Waals surface area contributed by atoms with Crippen LogP contribution < -0.4 is 5.43 Å². The quantitative estimate of drug-likeness (QED) is 0.0537. The maximum atomic E-state index is 15.1. The molecular weight excluding hydrogens is 995 g/mol. The van der Waals surface area contributed by atoms with Gasteiger partial charge < -0.3 is 57.4 Å². The van der Waals surface area contributed by atoms with Gasteiger partial charge in [0.2, 0.25) is 0 Å². The van der Waals surface area contributed by atoms with Crippen molar-refractivity contribution in [3.63, 3.8) is 0 Å². The van der Waals surface area contributed by atoms with Crippen molar-refractivity contribution < 1.29 is 57.3 Å². The molecule has 0 saturated carbocycles. The van der Waals surface area contributed by atoms with Gasteiger partial charge in [-0.1, -0.05) is 119 Å². The molecule has 18 unspecified atom stereocenters. The number of hydrogen-bond acceptors (Lipinski definition) is 15. The third-order valence-corrected chi connectivity index (χ3v) is 17.9. The van der Waals surface area contributed by atoms with Crippen LogP contribution in [0.2, 0.25) is 19.6 Å². The summed E-state index contributed by atoms with van der Waals surface area (Å²) in [6.07, 6.45) is -6.25. The summed E-state index contributed by atoms with van der Waals surface area (Å²) >= 11 is 0. The van der Waals surface area contributed by atoms with Gasteiger partial charge in [0.15, 0.2) is 20.9 Å². The van der Waals surface area contributed by atoms with Crippen LogP contribution in [-0.4, -0.2) is 155 Å². The van der Waals surface area contributed by atoms with Gasteiger partial charge in [0.05, 0.1) is 47.6 Å². The summed E-state index contributed by atoms with van der Waals surface area (Å²) in [6, 6.07) is 30.5. The van der Waals surface area contributed by atoms with E-state index < -0.39 is 116 Å². The first-order chi connectivity index (χ1) is 36.2. The summed E-state index contributed by atoms with van der Waals surface area (Å²) in [5.74, 6) is -3.54. The molecule has 3 fully saturated rings. The third-order valence-electron chi connectivity index (χ3n) is 17.0. The van der Waals surface area contributed by atoms with Crippen LogP contribution in [0.1, 0.15) is 112 Å². The van der Waals surface area contributed by atoms with Gasteiger partial charge in [-0.05, 0) is 117 Å². The standard InChI is InChI=1S/C61H95N3O12Si/c1-19-48-60(10,67)53(65)40(4)50(62-63-61(44-29-23-20-24-30-44,45-31-25-21-26-32-45)46-33-27-22-28-34-46)38(2)36-58(8,69-14)54(75-57-52(76-77(16,17)18)47(64(11)12)35-39(3)71-57)41(5)51(42(6)56(66)73-48)74-49-37-59(9,70-15)55(68-13)43(7)72-49/h20-34,38-43,47-49,51-55,57,63,65,67H,19,35-37H2,1-18H3/b62-50-. The highest BCUT2D eigenvalue weighted by Gasteiger charge is 2.55. The van der Waals surface area contributed by atoms with E-state index in [4.69, 9.17) is 47.4 Å². The Kier molecular flexibility index (Phi) is 21.0. The number of aliphatic hydroxyl groups excluding tert-OH is 1. The normalized spacial score (nSPS) is 37.8. The molecule has 3 aromatic rings. The van der Waals surface area contributed by atoms with Crippen LogP contribution in [0.3, 0.4) is 0 Å². The summed E-state index contributed by atoms with van der Waals surface area (Å²) in [6.45, 7) is 25.5. The van der Waals surface area contributed by atoms with Gasteiger partial charge in [-0.2, -0.15) is 5.10 Å². The zero-order valence-electron chi connectivity index (χ0n) is 49.5. The molecule has 0 aliphatic carbocycles. The summed E-state index contributed by atoms with van der Waals surface area (Å²) in [4.78, 5) is 17.3. The molecule has 0 amide bonds. The van der Waals surface area contributed by atoms with E-state index in [2.05, 4.69) is 94.3 Å². The van der Waals surface area contributed by atoms with Crippen LogP contribution in [0.5, 0.6) is 0 Å². The number of hydrogen-bond donors (Lipinski definition) is 3. The number of rotatable bonds is 16. The predicted molar refractivity (Wildman–Crippen MR) is 303 cm³/mol. The number of carbonyl (C=O) groups is 1. The second kappa shape index (κ2) is 25.9. The van der Waals surface area contributed by atoms with E-state index in [1.165, 1.54) is 6.92 Å². The Bertz CT molecular complexity index is 2250. The molecule has 3 saturated heterocycles. The minimum Gasteiger partial charge on any atom is -0.459 e. The molecule has 77 heavy (non-hydrogen) atoms. The molecule has 0 bridgehead atoms. The zero-order chi connectivity index (χ0) is 56.8. The van der Waals surface area contributed by atoms with Crippen molar-refractivity contribution in [3.05, 3.63) is 108 Å². The molecule has 15 nitrogen and oxygen atoms in total. The Morgan fingerprint density at radius 3 is 1.74 bits per heavy atom. The third kappa shape index (κ3) is 13.8. The van der Waals surface area contributed by atoms with Crippen LogP contribution >= 0.6 is 0 Å². The van der Waals surface area contributed by atoms with E-state index in [0.29, 0.717) is 5.71 Å². The monoisotopic (exact) mass is 1090 g/mol. The number of carbonyl (C=O) groups excluding carboxylic acids is 1. The van der Waals surface area contributed by atoms with E-state index in [-0.39, 0.29) is 31.4 Å². The van der Waals surface area contributed by atoms with Gasteiger partial charge in [0.1, 0.15) is 29.5 Å². The van der Waals surface area contributed by atoms with E-state index in [0.717, 1.165) is 23.1 Å². The van der Waals surface area contributed by atoms with Gasteiger partial charge in [-0.15, -0.1) is 0 Å². The fraction of sp³-hybridized carbons (Fsp3) is 0.672. The van der Waals surface area contributed by atoms with Crippen LogP contribution in [0.4, 0.5) is 0 Å². The second-order valence-corrected chi connectivity index (χ2v) is 28.6. The van der Waals surface area contributed by atoms with E-state index in [1.54, 1.807) is 28.3 Å². The van der Waals surface area contributed by atoms with E-state index in [9.17, 15) is 10.2 Å². The van der Waals surface area contributed by atoms with Gasteiger partial charge in [-0.3, -0.25) is 10.2 Å². The van der Waals surface area contributed by atoms with Gasteiger partial charge in [0, 0.05) is 51.3 Å². The lowest BCUT2D eigenvalue weighted by atomic mass is 9.73. The Morgan fingerprint density at radius 2 is 1.27 bits per heavy atom. The van der Waals surface area contributed by atoms with Crippen molar-refractivity contribution in [2.75, 3.05) is 35.4 Å². The molecule has 18 atom stereocenters. The number of likely N-dealkylation sites (N-methyl/N-ethyl adjacent to an activating group) is 1. The Labute approximate surface area is 462 Å². The number of nitrogens with zero attached hydrogens (tertiary/aromatic N) is 2. The lowest BCUT2D eigenvalue weighted by Crippen LogP contribution is -2.62. The lowest BCUT2D eigenvalue weighted by Gasteiger charge is -2.51. The van der Waals surface area contributed by atoms with Crippen LogP contribution in [-0.2, 0) is 52.7 Å². The largest absolute Gasteiger partial charge is 0.459 e. The van der Waals surface area contributed by atoms with Crippen molar-refractivity contribution >= 4 is 20.0 Å². The molecule has 3 N–H and O–H groups in total. The first-order valence-corrected chi connectivity index (χ1v) is 31.3. The number of cyclic esters (lactones) is 1. The van der Waals surface area contributed by atoms with Gasteiger partial charge >= 0.3 is 5.97 Å². The Balaban J connectivity index is 1.59. The highest BCUT2D eigenvalue weighted by Crippen LogP contribution is 2.44. The van der Waals surface area contributed by atoms with E-state index >= 15 is 4.79 Å². The summed E-state index contributed by atoms with van der Waals surface area (Å²) in [5, 5.41) is 30.9. The predicted octanol–water partition coefficient (Wildman–Crippen LogP) is 9.32. The van der Waals surface area contributed by atoms with Crippen LogP contribution in [0.25, 0.3) is 0 Å². The molecule has 430 valence electrons. The minimum atomic E-state index is -2.24. The number of nitrogens with one attached hydrogen (secondary N) is 1. The topological polar surface area (TPSA) is 168 Å².